The van der Waals surface area contributed by atoms with E-state index >= 15 is 0 Å². The third kappa shape index (κ3) is 0.993. The fourth-order valence-corrected chi connectivity index (χ4v) is 1.22. The van der Waals surface area contributed by atoms with Gasteiger partial charge in [-0.05, 0) is 19.1 Å². The maximum atomic E-state index is 11.3. The number of hydrogen-bond acceptors (Lipinski definition) is 2. The van der Waals surface area contributed by atoms with Gasteiger partial charge in [0.1, 0.15) is 5.52 Å². The Bertz CT molecular complexity index is 473. The molecule has 0 saturated heterocycles. The van der Waals surface area contributed by atoms with Crippen LogP contribution in [-0.4, -0.2) is 9.97 Å². The highest BCUT2D eigenvalue weighted by Crippen LogP contribution is 2.02. The highest BCUT2D eigenvalue weighted by molar-refractivity contribution is 5.73. The molecule has 0 aromatic carbocycles. The second-order valence-electron chi connectivity index (χ2n) is 2.72. The first-order valence-corrected chi connectivity index (χ1v) is 3.72. The van der Waals surface area contributed by atoms with Gasteiger partial charge in [0.15, 0.2) is 0 Å². The summed E-state index contributed by atoms with van der Waals surface area (Å²) in [6.45, 7) is 1.86. The Labute approximate surface area is 69.1 Å². The molecule has 0 aliphatic rings. The van der Waals surface area contributed by atoms with Crippen LogP contribution in [0.3, 0.4) is 0 Å². The summed E-state index contributed by atoms with van der Waals surface area (Å²) < 4.78 is 0. The summed E-state index contributed by atoms with van der Waals surface area (Å²) in [7, 11) is 0. The molecule has 1 N–H and O–H groups in total. The summed E-state index contributed by atoms with van der Waals surface area (Å²) in [5, 5.41) is 0. The molecule has 0 radical (unpaired) electrons. The van der Waals surface area contributed by atoms with Gasteiger partial charge in [-0.1, -0.05) is 0 Å². The molecule has 12 heavy (non-hydrogen) atoms. The van der Waals surface area contributed by atoms with E-state index in [2.05, 4.69) is 9.97 Å². The third-order valence-electron chi connectivity index (χ3n) is 1.72. The molecule has 2 rings (SSSR count). The van der Waals surface area contributed by atoms with Crippen LogP contribution < -0.4 is 5.43 Å². The number of nitrogens with zero attached hydrogens (tertiary/aromatic N) is 1. The van der Waals surface area contributed by atoms with Gasteiger partial charge in [-0.15, -0.1) is 0 Å². The smallest absolute Gasteiger partial charge is 0.208 e. The van der Waals surface area contributed by atoms with E-state index in [4.69, 9.17) is 0 Å². The Kier molecular flexibility index (Phi) is 1.43. The van der Waals surface area contributed by atoms with Crippen molar-refractivity contribution in [3.8, 4) is 0 Å². The van der Waals surface area contributed by atoms with Crippen molar-refractivity contribution in [1.82, 2.24) is 9.97 Å². The molecule has 3 heteroatoms. The van der Waals surface area contributed by atoms with E-state index in [9.17, 15) is 4.79 Å². The maximum absolute atomic E-state index is 11.3. The molecule has 0 spiro atoms. The molecule has 0 unspecified atom stereocenters. The zero-order valence-corrected chi connectivity index (χ0v) is 6.66. The first-order chi connectivity index (χ1) is 5.77. The van der Waals surface area contributed by atoms with Crippen LogP contribution in [0.2, 0.25) is 0 Å². The van der Waals surface area contributed by atoms with Crippen molar-refractivity contribution >= 4 is 11.0 Å². The van der Waals surface area contributed by atoms with Crippen molar-refractivity contribution in [3.63, 3.8) is 0 Å². The molecule has 2 aromatic heterocycles. The molecule has 2 heterocycles. The molecule has 2 aromatic rings. The lowest BCUT2D eigenvalue weighted by molar-refractivity contribution is 1.22. The second kappa shape index (κ2) is 2.44. The fourth-order valence-electron chi connectivity index (χ4n) is 1.22. The number of hydrogen-bond donors (Lipinski definition) is 1. The van der Waals surface area contributed by atoms with Gasteiger partial charge in [0, 0.05) is 18.0 Å². The van der Waals surface area contributed by atoms with Gasteiger partial charge in [-0.3, -0.25) is 9.78 Å². The number of aromatic amines is 1. The number of fused-ring (bicyclic) bond motifs is 1. The van der Waals surface area contributed by atoms with Crippen molar-refractivity contribution in [2.45, 2.75) is 6.92 Å². The molecule has 0 bridgehead atoms. The summed E-state index contributed by atoms with van der Waals surface area (Å²) in [6, 6.07) is 5.20. The average Bonchev–Trinajstić information content (AvgIpc) is 2.04. The minimum Gasteiger partial charge on any atom is -0.357 e. The van der Waals surface area contributed by atoms with Crippen LogP contribution in [0.25, 0.3) is 11.0 Å². The molecule has 0 fully saturated rings. The maximum Gasteiger partial charge on any atom is 0.208 e. The lowest BCUT2D eigenvalue weighted by Crippen LogP contribution is -2.04. The zero-order valence-electron chi connectivity index (χ0n) is 6.66. The Hall–Kier alpha value is -1.64. The van der Waals surface area contributed by atoms with Crippen LogP contribution in [0, 0.1) is 6.92 Å². The standard InChI is InChI=1S/C9H8N2O/c1-6-5-8(12)9-7(11-6)3-2-4-10-9/h2-5H,1H3,(H,11,12). The summed E-state index contributed by atoms with van der Waals surface area (Å²) in [6.07, 6.45) is 1.62. The average molecular weight is 160 g/mol. The molecule has 3 nitrogen and oxygen atoms in total. The second-order valence-corrected chi connectivity index (χ2v) is 2.72. The van der Waals surface area contributed by atoms with Gasteiger partial charge in [0.2, 0.25) is 5.43 Å². The topological polar surface area (TPSA) is 45.8 Å². The summed E-state index contributed by atoms with van der Waals surface area (Å²) >= 11 is 0. The van der Waals surface area contributed by atoms with Crippen LogP contribution in [0.1, 0.15) is 5.69 Å². The van der Waals surface area contributed by atoms with E-state index in [1.54, 1.807) is 18.3 Å². The van der Waals surface area contributed by atoms with Crippen LogP contribution in [0.4, 0.5) is 0 Å². The first kappa shape index (κ1) is 7.03. The number of rotatable bonds is 0. The predicted molar refractivity (Wildman–Crippen MR) is 47.1 cm³/mol. The molecular weight excluding hydrogens is 152 g/mol. The lowest BCUT2D eigenvalue weighted by Gasteiger charge is -1.96. The van der Waals surface area contributed by atoms with Crippen LogP contribution in [0.15, 0.2) is 29.2 Å². The Balaban J connectivity index is 2.99. The van der Waals surface area contributed by atoms with Crippen molar-refractivity contribution in [2.24, 2.45) is 0 Å². The highest BCUT2D eigenvalue weighted by atomic mass is 16.1. The van der Waals surface area contributed by atoms with Gasteiger partial charge in [0.05, 0.1) is 5.52 Å². The van der Waals surface area contributed by atoms with E-state index in [1.807, 2.05) is 13.0 Å². The normalized spacial score (nSPS) is 10.4. The minimum atomic E-state index is -0.0261. The van der Waals surface area contributed by atoms with Gasteiger partial charge in [-0.25, -0.2) is 0 Å². The van der Waals surface area contributed by atoms with Gasteiger partial charge < -0.3 is 4.98 Å². The number of nitrogens with one attached hydrogen (secondary N) is 1. The molecule has 0 amide bonds. The summed E-state index contributed by atoms with van der Waals surface area (Å²) in [4.78, 5) is 18.4. The monoisotopic (exact) mass is 160 g/mol. The molecule has 0 saturated carbocycles. The van der Waals surface area contributed by atoms with Crippen LogP contribution >= 0.6 is 0 Å². The molecule has 0 aliphatic heterocycles. The number of aromatic nitrogens is 2. The van der Waals surface area contributed by atoms with E-state index in [1.165, 1.54) is 0 Å². The quantitative estimate of drug-likeness (QED) is 0.630. The SMILES string of the molecule is Cc1cc(=O)c2ncccc2[nH]1. The minimum absolute atomic E-state index is 0.0261. The van der Waals surface area contributed by atoms with Gasteiger partial charge >= 0.3 is 0 Å². The van der Waals surface area contributed by atoms with E-state index in [0.717, 1.165) is 11.2 Å². The molecule has 0 atom stereocenters. The first-order valence-electron chi connectivity index (χ1n) is 3.72. The number of pyridine rings is 2. The van der Waals surface area contributed by atoms with E-state index in [-0.39, 0.29) is 5.43 Å². The van der Waals surface area contributed by atoms with Crippen LogP contribution in [-0.2, 0) is 0 Å². The zero-order chi connectivity index (χ0) is 8.55. The lowest BCUT2D eigenvalue weighted by atomic mass is 10.3. The Morgan fingerprint density at radius 2 is 2.33 bits per heavy atom. The summed E-state index contributed by atoms with van der Waals surface area (Å²) in [5.41, 5.74) is 2.13. The van der Waals surface area contributed by atoms with Crippen molar-refractivity contribution in [2.75, 3.05) is 0 Å². The predicted octanol–water partition coefficient (Wildman–Crippen LogP) is 1.23. The number of H-pyrrole nitrogens is 1. The molecule has 0 aliphatic carbocycles. The Morgan fingerprint density at radius 3 is 3.17 bits per heavy atom. The molecular formula is C9H8N2O. The van der Waals surface area contributed by atoms with Crippen molar-refractivity contribution in [1.29, 1.82) is 0 Å². The van der Waals surface area contributed by atoms with E-state index < -0.39 is 0 Å². The molecule has 60 valence electrons. The van der Waals surface area contributed by atoms with Crippen molar-refractivity contribution < 1.29 is 0 Å². The van der Waals surface area contributed by atoms with Crippen molar-refractivity contribution in [3.05, 3.63) is 40.3 Å². The summed E-state index contributed by atoms with van der Waals surface area (Å²) in [5.74, 6) is 0. The largest absolute Gasteiger partial charge is 0.357 e. The van der Waals surface area contributed by atoms with Gasteiger partial charge in [-0.2, -0.15) is 0 Å². The Morgan fingerprint density at radius 1 is 1.50 bits per heavy atom. The van der Waals surface area contributed by atoms with E-state index in [0.29, 0.717) is 5.52 Å². The third-order valence-corrected chi connectivity index (χ3v) is 1.72. The fraction of sp³-hybridized carbons (Fsp3) is 0.111. The van der Waals surface area contributed by atoms with Gasteiger partial charge in [0.25, 0.3) is 0 Å². The van der Waals surface area contributed by atoms with Crippen LogP contribution in [0.5, 0.6) is 0 Å². The highest BCUT2D eigenvalue weighted by Gasteiger charge is 1.97. The number of aryl methyl sites for hydroxylation is 1.